The summed E-state index contributed by atoms with van der Waals surface area (Å²) in [5.41, 5.74) is 1.12. The van der Waals surface area contributed by atoms with Gasteiger partial charge in [0.2, 0.25) is 10.0 Å². The molecule has 0 amide bonds. The zero-order valence-electron chi connectivity index (χ0n) is 12.8. The van der Waals surface area contributed by atoms with Gasteiger partial charge in [-0.1, -0.05) is 26.0 Å². The van der Waals surface area contributed by atoms with Gasteiger partial charge in [-0.3, -0.25) is 0 Å². The van der Waals surface area contributed by atoms with Gasteiger partial charge in [0.15, 0.2) is 0 Å². The molecule has 5 heteroatoms. The second-order valence-corrected chi connectivity index (χ2v) is 7.54. The summed E-state index contributed by atoms with van der Waals surface area (Å²) < 4.78 is 31.7. The van der Waals surface area contributed by atoms with Gasteiger partial charge in [-0.2, -0.15) is 4.31 Å². The first-order chi connectivity index (χ1) is 9.80. The Balaban J connectivity index is 2.20. The van der Waals surface area contributed by atoms with E-state index in [1.54, 1.807) is 25.2 Å². The molecule has 2 aromatic rings. The molecule has 0 saturated heterocycles. The van der Waals surface area contributed by atoms with E-state index in [0.29, 0.717) is 16.6 Å². The van der Waals surface area contributed by atoms with Crippen LogP contribution in [0.3, 0.4) is 0 Å². The minimum absolute atomic E-state index is 0.224. The topological polar surface area (TPSA) is 50.5 Å². The number of rotatable bonds is 5. The fourth-order valence-electron chi connectivity index (χ4n) is 2.08. The lowest BCUT2D eigenvalue weighted by Crippen LogP contribution is -2.26. The highest BCUT2D eigenvalue weighted by atomic mass is 32.2. The summed E-state index contributed by atoms with van der Waals surface area (Å²) in [7, 11) is -1.94. The van der Waals surface area contributed by atoms with Crippen LogP contribution in [-0.4, -0.2) is 19.8 Å². The van der Waals surface area contributed by atoms with E-state index in [2.05, 4.69) is 13.8 Å². The molecule has 0 aliphatic carbocycles. The molecule has 1 aromatic carbocycles. The summed E-state index contributed by atoms with van der Waals surface area (Å²) in [5.74, 6) is 1.79. The zero-order chi connectivity index (χ0) is 15.6. The van der Waals surface area contributed by atoms with Crippen LogP contribution >= 0.6 is 0 Å². The number of benzene rings is 1. The summed E-state index contributed by atoms with van der Waals surface area (Å²) in [6.45, 7) is 6.22. The van der Waals surface area contributed by atoms with Gasteiger partial charge >= 0.3 is 0 Å². The van der Waals surface area contributed by atoms with Gasteiger partial charge in [0.1, 0.15) is 11.5 Å². The third-order valence-corrected chi connectivity index (χ3v) is 5.25. The normalized spacial score (nSPS) is 12.3. The van der Waals surface area contributed by atoms with E-state index in [1.165, 1.54) is 4.31 Å². The van der Waals surface area contributed by atoms with Gasteiger partial charge in [-0.05, 0) is 42.7 Å². The van der Waals surface area contributed by atoms with Crippen molar-refractivity contribution in [2.24, 2.45) is 0 Å². The smallest absolute Gasteiger partial charge is 0.243 e. The quantitative estimate of drug-likeness (QED) is 0.849. The van der Waals surface area contributed by atoms with Crippen molar-refractivity contribution >= 4 is 10.0 Å². The maximum absolute atomic E-state index is 12.5. The predicted molar refractivity (Wildman–Crippen MR) is 82.6 cm³/mol. The maximum atomic E-state index is 12.5. The molecular weight excluding hydrogens is 286 g/mol. The summed E-state index contributed by atoms with van der Waals surface area (Å²) >= 11 is 0. The lowest BCUT2D eigenvalue weighted by Gasteiger charge is -2.16. The van der Waals surface area contributed by atoms with Gasteiger partial charge in [-0.15, -0.1) is 0 Å². The molecule has 1 heterocycles. The molecule has 0 spiro atoms. The molecule has 2 rings (SSSR count). The average molecular weight is 307 g/mol. The molecule has 0 aliphatic heterocycles. The standard InChI is InChI=1S/C16H21NO3S/c1-12(2)14-6-9-16(10-7-14)21(18,19)17(4)11-15-8-5-13(3)20-15/h5-10,12H,11H2,1-4H3. The highest BCUT2D eigenvalue weighted by molar-refractivity contribution is 7.89. The van der Waals surface area contributed by atoms with Crippen molar-refractivity contribution in [2.75, 3.05) is 7.05 Å². The van der Waals surface area contributed by atoms with Crippen LogP contribution in [0.25, 0.3) is 0 Å². The third kappa shape index (κ3) is 3.54. The number of hydrogen-bond donors (Lipinski definition) is 0. The number of sulfonamides is 1. The van der Waals surface area contributed by atoms with Crippen LogP contribution in [0.1, 0.15) is 36.8 Å². The largest absolute Gasteiger partial charge is 0.465 e. The van der Waals surface area contributed by atoms with Crippen LogP contribution in [-0.2, 0) is 16.6 Å². The molecule has 114 valence electrons. The highest BCUT2D eigenvalue weighted by Crippen LogP contribution is 2.21. The Kier molecular flexibility index (Phi) is 4.54. The number of nitrogens with zero attached hydrogens (tertiary/aromatic N) is 1. The molecule has 1 aromatic heterocycles. The second-order valence-electron chi connectivity index (χ2n) is 5.50. The fourth-order valence-corrected chi connectivity index (χ4v) is 3.22. The van der Waals surface area contributed by atoms with Crippen molar-refractivity contribution in [1.82, 2.24) is 4.31 Å². The molecule has 0 aliphatic rings. The molecule has 0 fully saturated rings. The third-order valence-electron chi connectivity index (χ3n) is 3.43. The summed E-state index contributed by atoms with van der Waals surface area (Å²) in [5, 5.41) is 0. The predicted octanol–water partition coefficient (Wildman–Crippen LogP) is 3.53. The fraction of sp³-hybridized carbons (Fsp3) is 0.375. The van der Waals surface area contributed by atoms with Crippen LogP contribution in [0.4, 0.5) is 0 Å². The highest BCUT2D eigenvalue weighted by Gasteiger charge is 2.21. The summed E-state index contributed by atoms with van der Waals surface area (Å²) in [6, 6.07) is 10.7. The van der Waals surface area contributed by atoms with E-state index < -0.39 is 10.0 Å². The molecule has 0 unspecified atom stereocenters. The summed E-state index contributed by atoms with van der Waals surface area (Å²) in [6.07, 6.45) is 0. The van der Waals surface area contributed by atoms with Crippen LogP contribution in [0.15, 0.2) is 45.7 Å². The van der Waals surface area contributed by atoms with Gasteiger partial charge < -0.3 is 4.42 Å². The first-order valence-electron chi connectivity index (χ1n) is 6.92. The van der Waals surface area contributed by atoms with Crippen molar-refractivity contribution in [3.63, 3.8) is 0 Å². The van der Waals surface area contributed by atoms with Gasteiger partial charge in [-0.25, -0.2) is 8.42 Å². The molecule has 4 nitrogen and oxygen atoms in total. The molecule has 0 saturated carbocycles. The molecule has 0 N–H and O–H groups in total. The lowest BCUT2D eigenvalue weighted by atomic mass is 10.0. The Bertz CT molecular complexity index is 699. The van der Waals surface area contributed by atoms with E-state index in [0.717, 1.165) is 11.3 Å². The van der Waals surface area contributed by atoms with Crippen molar-refractivity contribution in [3.8, 4) is 0 Å². The first-order valence-corrected chi connectivity index (χ1v) is 8.36. The van der Waals surface area contributed by atoms with E-state index in [1.807, 2.05) is 25.1 Å². The molecule has 0 radical (unpaired) electrons. The van der Waals surface area contributed by atoms with Crippen molar-refractivity contribution in [2.45, 2.75) is 38.1 Å². The van der Waals surface area contributed by atoms with Crippen LogP contribution < -0.4 is 0 Å². The van der Waals surface area contributed by atoms with E-state index in [4.69, 9.17) is 4.42 Å². The Morgan fingerprint density at radius 2 is 1.71 bits per heavy atom. The summed E-state index contributed by atoms with van der Waals surface area (Å²) in [4.78, 5) is 0.303. The Labute approximate surface area is 126 Å². The average Bonchev–Trinajstić information content (AvgIpc) is 2.84. The monoisotopic (exact) mass is 307 g/mol. The first kappa shape index (κ1) is 15.8. The van der Waals surface area contributed by atoms with Gasteiger partial charge in [0, 0.05) is 7.05 Å². The lowest BCUT2D eigenvalue weighted by molar-refractivity contribution is 0.397. The zero-order valence-corrected chi connectivity index (χ0v) is 13.6. The van der Waals surface area contributed by atoms with Crippen molar-refractivity contribution < 1.29 is 12.8 Å². The SMILES string of the molecule is Cc1ccc(CN(C)S(=O)(=O)c2ccc(C(C)C)cc2)o1. The van der Waals surface area contributed by atoms with Crippen LogP contribution in [0, 0.1) is 6.92 Å². The number of hydrogen-bond acceptors (Lipinski definition) is 3. The minimum Gasteiger partial charge on any atom is -0.465 e. The molecule has 0 atom stereocenters. The number of aryl methyl sites for hydroxylation is 1. The van der Waals surface area contributed by atoms with Crippen molar-refractivity contribution in [1.29, 1.82) is 0 Å². The minimum atomic E-state index is -3.50. The Morgan fingerprint density at radius 1 is 1.10 bits per heavy atom. The van der Waals surface area contributed by atoms with E-state index >= 15 is 0 Å². The molecule has 21 heavy (non-hydrogen) atoms. The molecule has 0 bridgehead atoms. The Morgan fingerprint density at radius 3 is 2.19 bits per heavy atom. The van der Waals surface area contributed by atoms with Crippen molar-refractivity contribution in [3.05, 3.63) is 53.5 Å². The van der Waals surface area contributed by atoms with Gasteiger partial charge in [0.05, 0.1) is 11.4 Å². The number of furan rings is 1. The Hall–Kier alpha value is -1.59. The van der Waals surface area contributed by atoms with E-state index in [-0.39, 0.29) is 6.54 Å². The second kappa shape index (κ2) is 6.03. The molecular formula is C16H21NO3S. The maximum Gasteiger partial charge on any atom is 0.243 e. The van der Waals surface area contributed by atoms with Crippen LogP contribution in [0.2, 0.25) is 0 Å². The van der Waals surface area contributed by atoms with Gasteiger partial charge in [0.25, 0.3) is 0 Å². The van der Waals surface area contributed by atoms with Crippen LogP contribution in [0.5, 0.6) is 0 Å². The van der Waals surface area contributed by atoms with E-state index in [9.17, 15) is 8.42 Å².